The van der Waals surface area contributed by atoms with Gasteiger partial charge in [0.2, 0.25) is 15.9 Å². The maximum atomic E-state index is 13.3. The second-order valence-electron chi connectivity index (χ2n) is 9.23. The maximum absolute atomic E-state index is 13.3. The largest absolute Gasteiger partial charge is 0.479 e. The van der Waals surface area contributed by atoms with Crippen LogP contribution < -0.4 is 15.4 Å². The molecule has 4 rings (SSSR count). The minimum Gasteiger partial charge on any atom is -0.479 e. The number of piperidine rings is 1. The molecule has 33 heavy (non-hydrogen) atoms. The summed E-state index contributed by atoms with van der Waals surface area (Å²) < 4.78 is 33.7. The van der Waals surface area contributed by atoms with Crippen LogP contribution in [0.15, 0.2) is 17.0 Å². The molecule has 0 spiro atoms. The topological polar surface area (TPSA) is 108 Å². The molecule has 0 unspecified atom stereocenters. The second-order valence-corrected chi connectivity index (χ2v) is 11.1. The molecule has 1 aromatic carbocycles. The van der Waals surface area contributed by atoms with Crippen molar-refractivity contribution in [3.8, 4) is 5.75 Å². The number of aryl methyl sites for hydroxylation is 1. The molecule has 2 amide bonds. The first-order chi connectivity index (χ1) is 15.8. The van der Waals surface area contributed by atoms with Crippen molar-refractivity contribution in [3.63, 3.8) is 0 Å². The van der Waals surface area contributed by atoms with Crippen molar-refractivity contribution >= 4 is 27.5 Å². The fraction of sp³-hybridized carbons (Fsp3) is 0.652. The molecule has 10 heteroatoms. The molecule has 0 aliphatic carbocycles. The summed E-state index contributed by atoms with van der Waals surface area (Å²) in [4.78, 5) is 27.0. The Labute approximate surface area is 195 Å². The van der Waals surface area contributed by atoms with E-state index in [1.54, 1.807) is 19.9 Å². The summed E-state index contributed by atoms with van der Waals surface area (Å²) in [6.45, 7) is 7.93. The fourth-order valence-electron chi connectivity index (χ4n) is 4.78. The van der Waals surface area contributed by atoms with Gasteiger partial charge >= 0.3 is 0 Å². The van der Waals surface area contributed by atoms with E-state index >= 15 is 0 Å². The van der Waals surface area contributed by atoms with Crippen molar-refractivity contribution in [2.75, 3.05) is 44.6 Å². The molecule has 1 atom stereocenters. The third kappa shape index (κ3) is 5.33. The lowest BCUT2D eigenvalue weighted by molar-refractivity contribution is -0.126. The maximum Gasteiger partial charge on any atom is 0.265 e. The molecular formula is C23H34N4O5S. The van der Waals surface area contributed by atoms with Crippen LogP contribution in [0.5, 0.6) is 5.75 Å². The Balaban J connectivity index is 1.32. The Kier molecular flexibility index (Phi) is 7.25. The highest BCUT2D eigenvalue weighted by Crippen LogP contribution is 2.36. The predicted octanol–water partition coefficient (Wildman–Crippen LogP) is 1.72. The molecule has 2 fully saturated rings. The number of amides is 2. The number of rotatable bonds is 7. The average molecular weight is 479 g/mol. The molecule has 0 saturated carbocycles. The zero-order valence-electron chi connectivity index (χ0n) is 19.4. The molecule has 0 bridgehead atoms. The van der Waals surface area contributed by atoms with Gasteiger partial charge in [-0.3, -0.25) is 9.59 Å². The molecule has 2 N–H and O–H groups in total. The van der Waals surface area contributed by atoms with E-state index in [1.807, 2.05) is 0 Å². The van der Waals surface area contributed by atoms with Gasteiger partial charge in [0, 0.05) is 31.6 Å². The summed E-state index contributed by atoms with van der Waals surface area (Å²) in [5.74, 6) is -0.0350. The van der Waals surface area contributed by atoms with Crippen LogP contribution in [-0.4, -0.2) is 74.8 Å². The number of nitrogens with one attached hydrogen (secondary N) is 2. The normalized spacial score (nSPS) is 22.5. The van der Waals surface area contributed by atoms with Crippen LogP contribution >= 0.6 is 0 Å². The van der Waals surface area contributed by atoms with Gasteiger partial charge in [0.25, 0.3) is 5.91 Å². The summed E-state index contributed by atoms with van der Waals surface area (Å²) in [5, 5.41) is 5.77. The first kappa shape index (κ1) is 24.0. The van der Waals surface area contributed by atoms with Gasteiger partial charge < -0.3 is 20.3 Å². The van der Waals surface area contributed by atoms with Crippen LogP contribution in [0.3, 0.4) is 0 Å². The number of carbonyl (C=O) groups is 2. The van der Waals surface area contributed by atoms with Gasteiger partial charge in [-0.25, -0.2) is 8.42 Å². The van der Waals surface area contributed by atoms with E-state index in [2.05, 4.69) is 15.5 Å². The first-order valence-electron chi connectivity index (χ1n) is 11.9. The van der Waals surface area contributed by atoms with Crippen LogP contribution in [0.4, 0.5) is 5.69 Å². The van der Waals surface area contributed by atoms with Gasteiger partial charge in [-0.05, 0) is 77.2 Å². The van der Waals surface area contributed by atoms with E-state index in [1.165, 1.54) is 23.2 Å². The standard InChI is InChI=1S/C23H34N4O5S/c1-16-14-19-20(32-17(2)22(28)25-19)15-21(16)33(30,31)27-12-6-18(7-13-27)23(29)24-8-5-11-26-9-3-4-10-26/h14-15,17-18H,3-13H2,1-2H3,(H,24,29)(H,25,28)/t17-/m1/s1. The van der Waals surface area contributed by atoms with Gasteiger partial charge in [0.1, 0.15) is 5.75 Å². The number of fused-ring (bicyclic) bond motifs is 1. The monoisotopic (exact) mass is 478 g/mol. The molecule has 9 nitrogen and oxygen atoms in total. The zero-order chi connectivity index (χ0) is 23.6. The Morgan fingerprint density at radius 2 is 1.88 bits per heavy atom. The quantitative estimate of drug-likeness (QED) is 0.578. The number of benzene rings is 1. The van der Waals surface area contributed by atoms with Crippen molar-refractivity contribution in [2.45, 2.75) is 57.0 Å². The van der Waals surface area contributed by atoms with Crippen molar-refractivity contribution < 1.29 is 22.7 Å². The molecule has 3 aliphatic rings. The smallest absolute Gasteiger partial charge is 0.265 e. The Hall–Kier alpha value is -2.17. The minimum absolute atomic E-state index is 0.0246. The van der Waals surface area contributed by atoms with Crippen molar-refractivity contribution in [3.05, 3.63) is 17.7 Å². The lowest BCUT2D eigenvalue weighted by Crippen LogP contribution is -2.43. The molecule has 2 saturated heterocycles. The first-order valence-corrected chi connectivity index (χ1v) is 13.3. The van der Waals surface area contributed by atoms with E-state index in [9.17, 15) is 18.0 Å². The molecule has 0 aromatic heterocycles. The number of hydrogen-bond acceptors (Lipinski definition) is 6. The highest BCUT2D eigenvalue weighted by molar-refractivity contribution is 7.89. The number of hydrogen-bond donors (Lipinski definition) is 2. The highest BCUT2D eigenvalue weighted by atomic mass is 32.2. The van der Waals surface area contributed by atoms with Gasteiger partial charge in [-0.15, -0.1) is 0 Å². The van der Waals surface area contributed by atoms with Crippen molar-refractivity contribution in [1.29, 1.82) is 0 Å². The molecule has 3 aliphatic heterocycles. The number of sulfonamides is 1. The van der Waals surface area contributed by atoms with Crippen LogP contribution in [0, 0.1) is 12.8 Å². The van der Waals surface area contributed by atoms with E-state index in [0.29, 0.717) is 49.5 Å². The second kappa shape index (κ2) is 9.99. The highest BCUT2D eigenvalue weighted by Gasteiger charge is 2.34. The van der Waals surface area contributed by atoms with Gasteiger partial charge in [-0.2, -0.15) is 4.31 Å². The summed E-state index contributed by atoms with van der Waals surface area (Å²) in [6.07, 6.45) is 3.80. The van der Waals surface area contributed by atoms with Gasteiger partial charge in [0.05, 0.1) is 10.6 Å². The van der Waals surface area contributed by atoms with Crippen LogP contribution in [0.2, 0.25) is 0 Å². The third-order valence-electron chi connectivity index (χ3n) is 6.80. The lowest BCUT2D eigenvalue weighted by Gasteiger charge is -2.31. The van der Waals surface area contributed by atoms with E-state index in [-0.39, 0.29) is 22.6 Å². The number of carbonyl (C=O) groups excluding carboxylic acids is 2. The van der Waals surface area contributed by atoms with Gasteiger partial charge in [-0.1, -0.05) is 0 Å². The van der Waals surface area contributed by atoms with E-state index < -0.39 is 16.1 Å². The summed E-state index contributed by atoms with van der Waals surface area (Å²) in [5.41, 5.74) is 1.03. The molecule has 0 radical (unpaired) electrons. The number of nitrogens with zero attached hydrogens (tertiary/aromatic N) is 2. The Morgan fingerprint density at radius 3 is 2.58 bits per heavy atom. The molecule has 182 valence electrons. The SMILES string of the molecule is Cc1cc2c(cc1S(=O)(=O)N1CCC(C(=O)NCCCN3CCCC3)CC1)O[C@H](C)C(=O)N2. The van der Waals surface area contributed by atoms with Crippen LogP contribution in [0.1, 0.15) is 44.6 Å². The van der Waals surface area contributed by atoms with Gasteiger partial charge in [0.15, 0.2) is 6.10 Å². The van der Waals surface area contributed by atoms with Crippen molar-refractivity contribution in [1.82, 2.24) is 14.5 Å². The fourth-order valence-corrected chi connectivity index (χ4v) is 6.47. The summed E-state index contributed by atoms with van der Waals surface area (Å²) in [7, 11) is -3.73. The predicted molar refractivity (Wildman–Crippen MR) is 125 cm³/mol. The molecule has 3 heterocycles. The van der Waals surface area contributed by atoms with Crippen LogP contribution in [0.25, 0.3) is 0 Å². The molecule has 1 aromatic rings. The van der Waals surface area contributed by atoms with E-state index in [4.69, 9.17) is 4.74 Å². The van der Waals surface area contributed by atoms with Crippen LogP contribution in [-0.2, 0) is 19.6 Å². The molecular weight excluding hydrogens is 444 g/mol. The lowest BCUT2D eigenvalue weighted by atomic mass is 9.97. The number of ether oxygens (including phenoxy) is 1. The van der Waals surface area contributed by atoms with Crippen molar-refractivity contribution in [2.24, 2.45) is 5.92 Å². The minimum atomic E-state index is -3.73. The number of anilines is 1. The zero-order valence-corrected chi connectivity index (χ0v) is 20.2. The summed E-state index contributed by atoms with van der Waals surface area (Å²) in [6, 6.07) is 3.13. The number of likely N-dealkylation sites (tertiary alicyclic amines) is 1. The Bertz CT molecular complexity index is 998. The average Bonchev–Trinajstić information content (AvgIpc) is 3.31. The third-order valence-corrected chi connectivity index (χ3v) is 8.84. The summed E-state index contributed by atoms with van der Waals surface area (Å²) >= 11 is 0. The van der Waals surface area contributed by atoms with E-state index in [0.717, 1.165) is 26.1 Å². The Morgan fingerprint density at radius 1 is 1.18 bits per heavy atom.